The minimum Gasteiger partial charge on any atom is -0.393 e. The Morgan fingerprint density at radius 1 is 1.10 bits per heavy atom. The third kappa shape index (κ3) is 2.75. The van der Waals surface area contributed by atoms with Gasteiger partial charge in [0.15, 0.2) is 0 Å². The molecule has 0 aromatic heterocycles. The van der Waals surface area contributed by atoms with Gasteiger partial charge in [0.2, 0.25) is 0 Å². The van der Waals surface area contributed by atoms with Crippen LogP contribution < -0.4 is 0 Å². The molecule has 0 aromatic carbocycles. The Morgan fingerprint density at radius 2 is 1.87 bits per heavy atom. The van der Waals surface area contributed by atoms with Crippen LogP contribution in [-0.4, -0.2) is 22.9 Å². The van der Waals surface area contributed by atoms with Crippen LogP contribution >= 0.6 is 0 Å². The summed E-state index contributed by atoms with van der Waals surface area (Å²) in [6.45, 7) is 14.6. The molecule has 1 aliphatic heterocycles. The van der Waals surface area contributed by atoms with Gasteiger partial charge in [0.05, 0.1) is 12.2 Å². The molecule has 0 unspecified atom stereocenters. The van der Waals surface area contributed by atoms with Crippen LogP contribution in [0.15, 0.2) is 23.8 Å². The predicted octanol–water partition coefficient (Wildman–Crippen LogP) is 6.54. The van der Waals surface area contributed by atoms with E-state index in [0.717, 1.165) is 31.6 Å². The van der Waals surface area contributed by atoms with Crippen molar-refractivity contribution in [3.63, 3.8) is 0 Å². The predicted molar refractivity (Wildman–Crippen MR) is 123 cm³/mol. The maximum absolute atomic E-state index is 10.3. The molecular weight excluding hydrogens is 368 g/mol. The summed E-state index contributed by atoms with van der Waals surface area (Å²) in [5, 5.41) is 10.3. The molecule has 4 fully saturated rings. The SMILES string of the molecule is CC(C)[C@@H](C)/C=C/[C@@H](C)[C@H]1CC[C@H]2C3=CC[C@H]4C[C@@H](O)CC[C@]4(C)[C@]34O[C@@H]4C[C@]12C. The van der Waals surface area contributed by atoms with E-state index < -0.39 is 0 Å². The average Bonchev–Trinajstić information content (AvgIpc) is 3.31. The van der Waals surface area contributed by atoms with E-state index in [1.54, 1.807) is 5.57 Å². The number of hydrogen-bond donors (Lipinski definition) is 1. The van der Waals surface area contributed by atoms with Gasteiger partial charge in [0, 0.05) is 5.41 Å². The lowest BCUT2D eigenvalue weighted by molar-refractivity contribution is -0.0378. The lowest BCUT2D eigenvalue weighted by atomic mass is 9.47. The Morgan fingerprint density at radius 3 is 2.60 bits per heavy atom. The largest absolute Gasteiger partial charge is 0.393 e. The molecule has 0 amide bonds. The molecule has 4 aliphatic carbocycles. The highest BCUT2D eigenvalue weighted by molar-refractivity contribution is 5.43. The number of fused-ring (bicyclic) bond motifs is 3. The van der Waals surface area contributed by atoms with E-state index in [4.69, 9.17) is 4.74 Å². The Kier molecular flexibility index (Phi) is 4.92. The van der Waals surface area contributed by atoms with E-state index in [0.29, 0.717) is 41.1 Å². The molecule has 1 N–H and O–H groups in total. The second-order valence-corrected chi connectivity index (χ2v) is 12.6. The number of aliphatic hydroxyl groups excluding tert-OH is 1. The highest BCUT2D eigenvalue weighted by Crippen LogP contribution is 2.75. The van der Waals surface area contributed by atoms with Crippen molar-refractivity contribution < 1.29 is 9.84 Å². The summed E-state index contributed by atoms with van der Waals surface area (Å²) in [5.74, 6) is 4.07. The van der Waals surface area contributed by atoms with Gasteiger partial charge in [-0.15, -0.1) is 0 Å². The zero-order valence-electron chi connectivity index (χ0n) is 20.2. The topological polar surface area (TPSA) is 32.8 Å². The standard InChI is InChI=1S/C28H44O2/c1-17(2)18(3)7-8-19(4)22-11-12-23-24-10-9-20-15-21(29)13-14-27(20,6)28(24)25(30-28)16-26(22,23)5/h7-8,10,17-23,25,29H,9,11-16H2,1-6H3/b8-7+/t18-,19+,20-,21-,22+,23-,25+,26+,27-,28-/m0/s1. The summed E-state index contributed by atoms with van der Waals surface area (Å²) in [6.07, 6.45) is 16.1. The Balaban J connectivity index is 1.42. The van der Waals surface area contributed by atoms with E-state index >= 15 is 0 Å². The molecule has 2 nitrogen and oxygen atoms in total. The summed E-state index contributed by atoms with van der Waals surface area (Å²) in [7, 11) is 0. The quantitative estimate of drug-likeness (QED) is 0.420. The molecule has 1 heterocycles. The van der Waals surface area contributed by atoms with Gasteiger partial charge in [0.1, 0.15) is 5.60 Å². The molecule has 30 heavy (non-hydrogen) atoms. The lowest BCUT2D eigenvalue weighted by Crippen LogP contribution is -2.56. The van der Waals surface area contributed by atoms with E-state index in [2.05, 4.69) is 59.8 Å². The molecule has 10 atom stereocenters. The molecule has 1 saturated heterocycles. The number of allylic oxidation sites excluding steroid dienone is 3. The van der Waals surface area contributed by atoms with Gasteiger partial charge in [-0.2, -0.15) is 0 Å². The normalized spacial score (nSPS) is 51.6. The first-order valence-corrected chi connectivity index (χ1v) is 12.9. The van der Waals surface area contributed by atoms with Crippen molar-refractivity contribution in [2.45, 2.75) is 104 Å². The third-order valence-electron chi connectivity index (χ3n) is 10.9. The molecule has 0 bridgehead atoms. The number of rotatable bonds is 4. The van der Waals surface area contributed by atoms with Crippen LogP contribution in [0.3, 0.4) is 0 Å². The third-order valence-corrected chi connectivity index (χ3v) is 10.9. The van der Waals surface area contributed by atoms with E-state index in [1.165, 1.54) is 19.3 Å². The summed E-state index contributed by atoms with van der Waals surface area (Å²) < 4.78 is 6.77. The zero-order valence-corrected chi connectivity index (χ0v) is 20.2. The van der Waals surface area contributed by atoms with Crippen molar-refractivity contribution in [3.8, 4) is 0 Å². The van der Waals surface area contributed by atoms with Crippen molar-refractivity contribution in [1.29, 1.82) is 0 Å². The summed E-state index contributed by atoms with van der Waals surface area (Å²) in [6, 6.07) is 0. The fourth-order valence-corrected chi connectivity index (χ4v) is 8.54. The van der Waals surface area contributed by atoms with Crippen molar-refractivity contribution in [1.82, 2.24) is 0 Å². The molecule has 0 aromatic rings. The number of epoxide rings is 1. The van der Waals surface area contributed by atoms with Gasteiger partial charge in [-0.3, -0.25) is 0 Å². The van der Waals surface area contributed by atoms with Crippen LogP contribution in [0.25, 0.3) is 0 Å². The smallest absolute Gasteiger partial charge is 0.122 e. The lowest BCUT2D eigenvalue weighted by Gasteiger charge is -2.55. The van der Waals surface area contributed by atoms with Gasteiger partial charge in [-0.1, -0.05) is 59.8 Å². The average molecular weight is 413 g/mol. The van der Waals surface area contributed by atoms with Gasteiger partial charge in [0.25, 0.3) is 0 Å². The van der Waals surface area contributed by atoms with Crippen LogP contribution in [-0.2, 0) is 4.74 Å². The van der Waals surface area contributed by atoms with Crippen LogP contribution in [0, 0.1) is 46.3 Å². The molecule has 0 radical (unpaired) electrons. The Bertz CT molecular complexity index is 752. The number of aliphatic hydroxyl groups is 1. The second-order valence-electron chi connectivity index (χ2n) is 12.6. The minimum atomic E-state index is -0.0998. The highest BCUT2D eigenvalue weighted by Gasteiger charge is 2.77. The molecule has 2 heteroatoms. The second kappa shape index (κ2) is 6.95. The van der Waals surface area contributed by atoms with Gasteiger partial charge in [-0.05, 0) is 91.4 Å². The minimum absolute atomic E-state index is 0.0142. The van der Waals surface area contributed by atoms with Gasteiger partial charge in [-0.25, -0.2) is 0 Å². The summed E-state index contributed by atoms with van der Waals surface area (Å²) in [5.41, 5.74) is 2.31. The van der Waals surface area contributed by atoms with E-state index in [-0.39, 0.29) is 17.1 Å². The number of hydrogen-bond acceptors (Lipinski definition) is 2. The molecular formula is C28H44O2. The fraction of sp³-hybridized carbons (Fsp3) is 0.857. The van der Waals surface area contributed by atoms with Crippen molar-refractivity contribution >= 4 is 0 Å². The maximum atomic E-state index is 10.3. The van der Waals surface area contributed by atoms with Crippen molar-refractivity contribution in [2.75, 3.05) is 0 Å². The molecule has 1 spiro atoms. The van der Waals surface area contributed by atoms with Gasteiger partial charge >= 0.3 is 0 Å². The van der Waals surface area contributed by atoms with E-state index in [9.17, 15) is 5.11 Å². The van der Waals surface area contributed by atoms with Gasteiger partial charge < -0.3 is 9.84 Å². The monoisotopic (exact) mass is 412 g/mol. The Hall–Kier alpha value is -0.600. The summed E-state index contributed by atoms with van der Waals surface area (Å²) in [4.78, 5) is 0. The van der Waals surface area contributed by atoms with Crippen molar-refractivity contribution in [2.24, 2.45) is 46.3 Å². The van der Waals surface area contributed by atoms with Crippen molar-refractivity contribution in [3.05, 3.63) is 23.8 Å². The highest BCUT2D eigenvalue weighted by atomic mass is 16.6. The summed E-state index contributed by atoms with van der Waals surface area (Å²) >= 11 is 0. The molecule has 5 aliphatic rings. The fourth-order valence-electron chi connectivity index (χ4n) is 8.54. The van der Waals surface area contributed by atoms with Crippen LogP contribution in [0.1, 0.15) is 86.5 Å². The van der Waals surface area contributed by atoms with Crippen LogP contribution in [0.4, 0.5) is 0 Å². The van der Waals surface area contributed by atoms with Crippen LogP contribution in [0.5, 0.6) is 0 Å². The van der Waals surface area contributed by atoms with Crippen LogP contribution in [0.2, 0.25) is 0 Å². The van der Waals surface area contributed by atoms with E-state index in [1.807, 2.05) is 0 Å². The first kappa shape index (κ1) is 21.3. The Labute approximate surface area is 184 Å². The molecule has 5 rings (SSSR count). The maximum Gasteiger partial charge on any atom is 0.122 e. The number of ether oxygens (including phenoxy) is 1. The molecule has 168 valence electrons. The zero-order chi connectivity index (χ0) is 21.5. The first-order valence-electron chi connectivity index (χ1n) is 12.9. The first-order chi connectivity index (χ1) is 14.1. The molecule has 3 saturated carbocycles.